The molecule has 0 bridgehead atoms. The lowest BCUT2D eigenvalue weighted by molar-refractivity contribution is -0.0114. The maximum atomic E-state index is 10.6. The molecular formula is C15H29NO. The van der Waals surface area contributed by atoms with Gasteiger partial charge in [0.2, 0.25) is 0 Å². The molecule has 2 aliphatic rings. The van der Waals surface area contributed by atoms with Gasteiger partial charge < -0.3 is 10.4 Å². The van der Waals surface area contributed by atoms with Crippen molar-refractivity contribution in [1.29, 1.82) is 0 Å². The van der Waals surface area contributed by atoms with Crippen LogP contribution < -0.4 is 5.32 Å². The van der Waals surface area contributed by atoms with Crippen molar-refractivity contribution in [3.63, 3.8) is 0 Å². The summed E-state index contributed by atoms with van der Waals surface area (Å²) in [6.07, 6.45) is 12.5. The zero-order valence-corrected chi connectivity index (χ0v) is 11.4. The highest BCUT2D eigenvalue weighted by Crippen LogP contribution is 2.33. The second-order valence-corrected chi connectivity index (χ2v) is 6.29. The Kier molecular flexibility index (Phi) is 4.87. The minimum Gasteiger partial charge on any atom is -0.389 e. The molecular weight excluding hydrogens is 210 g/mol. The largest absolute Gasteiger partial charge is 0.389 e. The van der Waals surface area contributed by atoms with E-state index in [4.69, 9.17) is 0 Å². The molecule has 0 aliphatic heterocycles. The van der Waals surface area contributed by atoms with Crippen LogP contribution in [0.5, 0.6) is 0 Å². The minimum absolute atomic E-state index is 0.400. The molecule has 0 radical (unpaired) electrons. The Bertz CT molecular complexity index is 215. The smallest absolute Gasteiger partial charge is 0.0771 e. The number of hydrogen-bond acceptors (Lipinski definition) is 2. The summed E-state index contributed by atoms with van der Waals surface area (Å²) < 4.78 is 0. The van der Waals surface area contributed by atoms with Crippen molar-refractivity contribution in [3.8, 4) is 0 Å². The number of nitrogens with one attached hydrogen (secondary N) is 1. The molecule has 2 heteroatoms. The molecule has 100 valence electrons. The fourth-order valence-electron chi connectivity index (χ4n) is 3.44. The Morgan fingerprint density at radius 3 is 2.29 bits per heavy atom. The molecule has 0 unspecified atom stereocenters. The number of rotatable bonds is 4. The average Bonchev–Trinajstić information content (AvgIpc) is 2.39. The van der Waals surface area contributed by atoms with Crippen molar-refractivity contribution in [3.05, 3.63) is 0 Å². The highest BCUT2D eigenvalue weighted by atomic mass is 16.3. The Morgan fingerprint density at radius 1 is 1.06 bits per heavy atom. The van der Waals surface area contributed by atoms with Crippen LogP contribution >= 0.6 is 0 Å². The first-order chi connectivity index (χ1) is 8.22. The van der Waals surface area contributed by atoms with Crippen LogP contribution in [0.1, 0.15) is 71.1 Å². The molecule has 2 aliphatic carbocycles. The SMILES string of the molecule is CCC1CCC(O)(CNC2CCCCC2)CC1. The van der Waals surface area contributed by atoms with Gasteiger partial charge >= 0.3 is 0 Å². The molecule has 17 heavy (non-hydrogen) atoms. The molecule has 0 aromatic carbocycles. The van der Waals surface area contributed by atoms with Crippen LogP contribution in [0.15, 0.2) is 0 Å². The Balaban J connectivity index is 1.70. The van der Waals surface area contributed by atoms with E-state index in [1.165, 1.54) is 51.4 Å². The summed E-state index contributed by atoms with van der Waals surface area (Å²) >= 11 is 0. The highest BCUT2D eigenvalue weighted by molar-refractivity contribution is 4.88. The van der Waals surface area contributed by atoms with Crippen LogP contribution in [0.25, 0.3) is 0 Å². The van der Waals surface area contributed by atoms with Crippen LogP contribution in [-0.2, 0) is 0 Å². The molecule has 0 heterocycles. The van der Waals surface area contributed by atoms with E-state index in [0.29, 0.717) is 6.04 Å². The molecule has 2 nitrogen and oxygen atoms in total. The van der Waals surface area contributed by atoms with Gasteiger partial charge in [-0.25, -0.2) is 0 Å². The van der Waals surface area contributed by atoms with Crippen LogP contribution in [-0.4, -0.2) is 23.3 Å². The van der Waals surface area contributed by atoms with E-state index in [0.717, 1.165) is 25.3 Å². The third-order valence-corrected chi connectivity index (χ3v) is 4.94. The molecule has 2 fully saturated rings. The summed E-state index contributed by atoms with van der Waals surface area (Å²) in [5.74, 6) is 0.866. The third-order valence-electron chi connectivity index (χ3n) is 4.94. The molecule has 2 saturated carbocycles. The fourth-order valence-corrected chi connectivity index (χ4v) is 3.44. The van der Waals surface area contributed by atoms with Crippen molar-refractivity contribution in [1.82, 2.24) is 5.32 Å². The van der Waals surface area contributed by atoms with Gasteiger partial charge in [0, 0.05) is 12.6 Å². The zero-order valence-electron chi connectivity index (χ0n) is 11.4. The minimum atomic E-state index is -0.400. The first-order valence-electron chi connectivity index (χ1n) is 7.67. The number of aliphatic hydroxyl groups is 1. The van der Waals surface area contributed by atoms with Crippen molar-refractivity contribution in [2.45, 2.75) is 82.8 Å². The van der Waals surface area contributed by atoms with Crippen molar-refractivity contribution in [2.75, 3.05) is 6.54 Å². The van der Waals surface area contributed by atoms with Crippen LogP contribution in [0.3, 0.4) is 0 Å². The summed E-state index contributed by atoms with van der Waals surface area (Å²) in [7, 11) is 0. The predicted octanol–water partition coefficient (Wildman–Crippen LogP) is 3.24. The first kappa shape index (κ1) is 13.4. The number of hydrogen-bond donors (Lipinski definition) is 2. The van der Waals surface area contributed by atoms with E-state index in [1.807, 2.05) is 0 Å². The summed E-state index contributed by atoms with van der Waals surface area (Å²) in [4.78, 5) is 0. The van der Waals surface area contributed by atoms with E-state index in [2.05, 4.69) is 12.2 Å². The molecule has 0 amide bonds. The van der Waals surface area contributed by atoms with Gasteiger partial charge in [-0.1, -0.05) is 32.6 Å². The molecule has 0 aromatic heterocycles. The van der Waals surface area contributed by atoms with Gasteiger partial charge in [0.15, 0.2) is 0 Å². The average molecular weight is 239 g/mol. The summed E-state index contributed by atoms with van der Waals surface area (Å²) in [6, 6.07) is 0.677. The molecule has 0 saturated heterocycles. The van der Waals surface area contributed by atoms with Gasteiger partial charge in [-0.15, -0.1) is 0 Å². The second-order valence-electron chi connectivity index (χ2n) is 6.29. The lowest BCUT2D eigenvalue weighted by atomic mass is 9.77. The van der Waals surface area contributed by atoms with Gasteiger partial charge in [-0.3, -0.25) is 0 Å². The lowest BCUT2D eigenvalue weighted by Gasteiger charge is -2.37. The van der Waals surface area contributed by atoms with Crippen LogP contribution in [0, 0.1) is 5.92 Å². The zero-order chi connectivity index (χ0) is 12.1. The van der Waals surface area contributed by atoms with Gasteiger partial charge in [-0.2, -0.15) is 0 Å². The van der Waals surface area contributed by atoms with Gasteiger partial charge in [0.25, 0.3) is 0 Å². The highest BCUT2D eigenvalue weighted by Gasteiger charge is 2.32. The maximum absolute atomic E-state index is 10.6. The van der Waals surface area contributed by atoms with E-state index < -0.39 is 5.60 Å². The summed E-state index contributed by atoms with van der Waals surface area (Å²) in [6.45, 7) is 3.10. The second kappa shape index (κ2) is 6.19. The Labute approximate surface area is 106 Å². The molecule has 0 atom stereocenters. The summed E-state index contributed by atoms with van der Waals surface area (Å²) in [5.41, 5.74) is -0.400. The fraction of sp³-hybridized carbons (Fsp3) is 1.00. The quantitative estimate of drug-likeness (QED) is 0.789. The van der Waals surface area contributed by atoms with Gasteiger partial charge in [0.1, 0.15) is 0 Å². The van der Waals surface area contributed by atoms with E-state index in [1.54, 1.807) is 0 Å². The lowest BCUT2D eigenvalue weighted by Crippen LogP contribution is -2.47. The molecule has 0 spiro atoms. The van der Waals surface area contributed by atoms with E-state index >= 15 is 0 Å². The maximum Gasteiger partial charge on any atom is 0.0771 e. The Hall–Kier alpha value is -0.0800. The molecule has 2 N–H and O–H groups in total. The first-order valence-corrected chi connectivity index (χ1v) is 7.67. The van der Waals surface area contributed by atoms with Crippen molar-refractivity contribution in [2.24, 2.45) is 5.92 Å². The van der Waals surface area contributed by atoms with Crippen molar-refractivity contribution < 1.29 is 5.11 Å². The Morgan fingerprint density at radius 2 is 1.71 bits per heavy atom. The molecule has 2 rings (SSSR count). The topological polar surface area (TPSA) is 32.3 Å². The summed E-state index contributed by atoms with van der Waals surface area (Å²) in [5, 5.41) is 14.2. The van der Waals surface area contributed by atoms with Crippen molar-refractivity contribution >= 4 is 0 Å². The predicted molar refractivity (Wildman–Crippen MR) is 72.1 cm³/mol. The molecule has 0 aromatic rings. The monoisotopic (exact) mass is 239 g/mol. The van der Waals surface area contributed by atoms with Crippen LogP contribution in [0.2, 0.25) is 0 Å². The van der Waals surface area contributed by atoms with Crippen LogP contribution in [0.4, 0.5) is 0 Å². The van der Waals surface area contributed by atoms with E-state index in [-0.39, 0.29) is 0 Å². The van der Waals surface area contributed by atoms with Gasteiger partial charge in [-0.05, 0) is 44.4 Å². The van der Waals surface area contributed by atoms with E-state index in [9.17, 15) is 5.11 Å². The standard InChI is InChI=1S/C15H29NO/c1-2-13-8-10-15(17,11-9-13)12-16-14-6-4-3-5-7-14/h13-14,16-17H,2-12H2,1H3. The van der Waals surface area contributed by atoms with Gasteiger partial charge in [0.05, 0.1) is 5.60 Å². The third kappa shape index (κ3) is 3.96. The normalized spacial score (nSPS) is 36.0.